The molecule has 2 aromatic heterocycles. The average Bonchev–Trinajstić information content (AvgIpc) is 2.98. The van der Waals surface area contributed by atoms with Crippen molar-refractivity contribution in [1.29, 1.82) is 0 Å². The molecule has 0 bridgehead atoms. The maximum absolute atomic E-state index is 11.7. The van der Waals surface area contributed by atoms with Crippen molar-refractivity contribution in [3.8, 4) is 0 Å². The normalized spacial score (nSPS) is 10.6. The van der Waals surface area contributed by atoms with Gasteiger partial charge in [-0.3, -0.25) is 4.79 Å². The molecule has 0 saturated carbocycles. The Morgan fingerprint density at radius 2 is 2.33 bits per heavy atom. The van der Waals surface area contributed by atoms with Gasteiger partial charge < -0.3 is 9.73 Å². The Kier molecular flexibility index (Phi) is 4.15. The van der Waals surface area contributed by atoms with Crippen molar-refractivity contribution in [3.63, 3.8) is 0 Å². The van der Waals surface area contributed by atoms with Gasteiger partial charge in [-0.1, -0.05) is 6.92 Å². The van der Waals surface area contributed by atoms with Gasteiger partial charge in [0.05, 0.1) is 5.01 Å². The maximum atomic E-state index is 11.7. The highest BCUT2D eigenvalue weighted by atomic mass is 32.1. The molecule has 4 nitrogen and oxygen atoms in total. The maximum Gasteiger partial charge on any atom is 0.287 e. The lowest BCUT2D eigenvalue weighted by Gasteiger charge is -2.01. The minimum absolute atomic E-state index is 0.164. The molecule has 5 heteroatoms. The number of nitrogens with zero attached hydrogens (tertiary/aromatic N) is 1. The number of carbonyl (C=O) groups is 1. The number of hydrogen-bond donors (Lipinski definition) is 1. The van der Waals surface area contributed by atoms with Gasteiger partial charge in [-0.05, 0) is 19.1 Å². The molecule has 0 fully saturated rings. The number of amides is 1. The van der Waals surface area contributed by atoms with Crippen molar-refractivity contribution in [2.45, 2.75) is 26.7 Å². The Morgan fingerprint density at radius 3 is 2.94 bits per heavy atom. The molecule has 0 unspecified atom stereocenters. The van der Waals surface area contributed by atoms with Crippen molar-refractivity contribution in [1.82, 2.24) is 10.3 Å². The lowest BCUT2D eigenvalue weighted by Crippen LogP contribution is -2.25. The first-order valence-electron chi connectivity index (χ1n) is 5.97. The van der Waals surface area contributed by atoms with Crippen LogP contribution in [-0.2, 0) is 12.8 Å². The molecule has 0 aromatic carbocycles. The van der Waals surface area contributed by atoms with E-state index in [1.54, 1.807) is 17.4 Å². The van der Waals surface area contributed by atoms with Crippen molar-refractivity contribution >= 4 is 17.2 Å². The summed E-state index contributed by atoms with van der Waals surface area (Å²) < 4.78 is 5.38. The van der Waals surface area contributed by atoms with Gasteiger partial charge in [-0.2, -0.15) is 0 Å². The monoisotopic (exact) mass is 264 g/mol. The third kappa shape index (κ3) is 3.20. The van der Waals surface area contributed by atoms with Gasteiger partial charge in [0.25, 0.3) is 5.91 Å². The summed E-state index contributed by atoms with van der Waals surface area (Å²) in [5.74, 6) is 1.04. The smallest absolute Gasteiger partial charge is 0.287 e. The summed E-state index contributed by atoms with van der Waals surface area (Å²) in [5, 5.41) is 5.88. The van der Waals surface area contributed by atoms with Crippen LogP contribution in [0.5, 0.6) is 0 Å². The van der Waals surface area contributed by atoms with Crippen LogP contribution < -0.4 is 5.32 Å². The highest BCUT2D eigenvalue weighted by Gasteiger charge is 2.10. The predicted octanol–water partition coefficient (Wildman–Crippen LogP) is 2.58. The van der Waals surface area contributed by atoms with Crippen LogP contribution in [0.15, 0.2) is 21.9 Å². The van der Waals surface area contributed by atoms with E-state index >= 15 is 0 Å². The minimum atomic E-state index is -0.164. The van der Waals surface area contributed by atoms with Crippen molar-refractivity contribution < 1.29 is 9.21 Å². The molecule has 2 aromatic rings. The second-order valence-electron chi connectivity index (χ2n) is 4.01. The first kappa shape index (κ1) is 12.8. The average molecular weight is 264 g/mol. The van der Waals surface area contributed by atoms with Crippen molar-refractivity contribution in [2.75, 3.05) is 6.54 Å². The van der Waals surface area contributed by atoms with Gasteiger partial charge in [0, 0.05) is 30.5 Å². The zero-order valence-corrected chi connectivity index (χ0v) is 11.3. The molecule has 1 amide bonds. The van der Waals surface area contributed by atoms with Crippen LogP contribution in [0.3, 0.4) is 0 Å². The fraction of sp³-hybridized carbons (Fsp3) is 0.385. The fourth-order valence-corrected chi connectivity index (χ4v) is 2.35. The highest BCUT2D eigenvalue weighted by Crippen LogP contribution is 2.10. The van der Waals surface area contributed by atoms with Gasteiger partial charge in [-0.15, -0.1) is 11.3 Å². The summed E-state index contributed by atoms with van der Waals surface area (Å²) in [4.78, 5) is 16.1. The zero-order valence-electron chi connectivity index (χ0n) is 10.5. The Balaban J connectivity index is 1.81. The summed E-state index contributed by atoms with van der Waals surface area (Å²) in [6, 6.07) is 3.54. The molecule has 0 spiro atoms. The van der Waals surface area contributed by atoms with Gasteiger partial charge in [-0.25, -0.2) is 4.98 Å². The van der Waals surface area contributed by atoms with E-state index in [0.717, 1.165) is 29.3 Å². The molecule has 0 aliphatic carbocycles. The Morgan fingerprint density at radius 1 is 1.50 bits per heavy atom. The Hall–Kier alpha value is -1.62. The molecular formula is C13H16N2O2S. The third-order valence-corrected chi connectivity index (χ3v) is 3.55. The summed E-state index contributed by atoms with van der Waals surface area (Å²) in [6.45, 7) is 4.53. The summed E-state index contributed by atoms with van der Waals surface area (Å²) in [5.41, 5.74) is 1.03. The zero-order chi connectivity index (χ0) is 13.0. The van der Waals surface area contributed by atoms with Crippen LogP contribution in [0.4, 0.5) is 0 Å². The molecule has 0 atom stereocenters. The number of hydrogen-bond acceptors (Lipinski definition) is 4. The number of rotatable bonds is 5. The predicted molar refractivity (Wildman–Crippen MR) is 71.0 cm³/mol. The van der Waals surface area contributed by atoms with Crippen LogP contribution >= 0.6 is 11.3 Å². The quantitative estimate of drug-likeness (QED) is 0.903. The second kappa shape index (κ2) is 5.82. The Bertz CT molecular complexity index is 531. The van der Waals surface area contributed by atoms with E-state index in [-0.39, 0.29) is 5.91 Å². The SMILES string of the molecule is CCc1ccc(C(=O)NCCc2nc(C)cs2)o1. The molecule has 1 N–H and O–H groups in total. The van der Waals surface area contributed by atoms with E-state index in [2.05, 4.69) is 10.3 Å². The van der Waals surface area contributed by atoms with Crippen molar-refractivity contribution in [3.05, 3.63) is 39.7 Å². The summed E-state index contributed by atoms with van der Waals surface area (Å²) in [6.07, 6.45) is 1.55. The number of thiazole rings is 1. The lowest BCUT2D eigenvalue weighted by molar-refractivity contribution is 0.0925. The fourth-order valence-electron chi connectivity index (χ4n) is 1.58. The van der Waals surface area contributed by atoms with Crippen molar-refractivity contribution in [2.24, 2.45) is 0 Å². The number of nitrogens with one attached hydrogen (secondary N) is 1. The van der Waals surface area contributed by atoms with E-state index in [1.165, 1.54) is 0 Å². The Labute approximate surface area is 110 Å². The van der Waals surface area contributed by atoms with Gasteiger partial charge in [0.1, 0.15) is 5.76 Å². The topological polar surface area (TPSA) is 55.1 Å². The largest absolute Gasteiger partial charge is 0.456 e. The van der Waals surface area contributed by atoms with Gasteiger partial charge >= 0.3 is 0 Å². The molecular weight excluding hydrogens is 248 g/mol. The van der Waals surface area contributed by atoms with E-state index < -0.39 is 0 Å². The molecule has 2 rings (SSSR count). The number of carbonyl (C=O) groups excluding carboxylic acids is 1. The number of furan rings is 1. The van der Waals surface area contributed by atoms with E-state index in [4.69, 9.17) is 4.42 Å². The second-order valence-corrected chi connectivity index (χ2v) is 4.95. The molecule has 0 saturated heterocycles. The first-order chi connectivity index (χ1) is 8.69. The molecule has 18 heavy (non-hydrogen) atoms. The molecule has 96 valence electrons. The molecule has 0 aliphatic heterocycles. The van der Waals surface area contributed by atoms with Gasteiger partial charge in [0.2, 0.25) is 0 Å². The summed E-state index contributed by atoms with van der Waals surface area (Å²) in [7, 11) is 0. The number of aryl methyl sites for hydroxylation is 2. The lowest BCUT2D eigenvalue weighted by atomic mass is 10.3. The van der Waals surface area contributed by atoms with E-state index in [9.17, 15) is 4.79 Å². The van der Waals surface area contributed by atoms with Crippen LogP contribution in [0.2, 0.25) is 0 Å². The number of aromatic nitrogens is 1. The molecule has 0 radical (unpaired) electrons. The molecule has 2 heterocycles. The van der Waals surface area contributed by atoms with Crippen LogP contribution in [0, 0.1) is 6.92 Å². The summed E-state index contributed by atoms with van der Waals surface area (Å²) >= 11 is 1.62. The standard InChI is InChI=1S/C13H16N2O2S/c1-3-10-4-5-11(17-10)13(16)14-7-6-12-15-9(2)8-18-12/h4-5,8H,3,6-7H2,1-2H3,(H,14,16). The van der Waals surface area contributed by atoms with Crippen LogP contribution in [0.25, 0.3) is 0 Å². The molecule has 0 aliphatic rings. The third-order valence-electron chi connectivity index (χ3n) is 2.52. The van der Waals surface area contributed by atoms with E-state index in [0.29, 0.717) is 12.3 Å². The van der Waals surface area contributed by atoms with Gasteiger partial charge in [0.15, 0.2) is 5.76 Å². The minimum Gasteiger partial charge on any atom is -0.456 e. The highest BCUT2D eigenvalue weighted by molar-refractivity contribution is 7.09. The van der Waals surface area contributed by atoms with Crippen LogP contribution in [-0.4, -0.2) is 17.4 Å². The van der Waals surface area contributed by atoms with Crippen LogP contribution in [0.1, 0.15) is 33.9 Å². The first-order valence-corrected chi connectivity index (χ1v) is 6.85. The van der Waals surface area contributed by atoms with E-state index in [1.807, 2.05) is 25.3 Å².